The van der Waals surface area contributed by atoms with Gasteiger partial charge in [0.25, 0.3) is 0 Å². The van der Waals surface area contributed by atoms with E-state index in [2.05, 4.69) is 20.8 Å². The monoisotopic (exact) mass is 236 g/mol. The molecule has 0 heterocycles. The van der Waals surface area contributed by atoms with Gasteiger partial charge in [-0.3, -0.25) is 4.79 Å². The average Bonchev–Trinajstić information content (AvgIpc) is 2.24. The maximum absolute atomic E-state index is 10.4. The van der Waals surface area contributed by atoms with Crippen molar-refractivity contribution < 1.29 is 14.6 Å². The minimum absolute atomic E-state index is 0.141. The second kappa shape index (κ2) is 5.71. The Hall–Kier alpha value is -1.51. The van der Waals surface area contributed by atoms with E-state index < -0.39 is 5.97 Å². The molecule has 0 aliphatic rings. The maximum atomic E-state index is 10.4. The summed E-state index contributed by atoms with van der Waals surface area (Å²) in [5.41, 5.74) is 1.16. The van der Waals surface area contributed by atoms with Crippen molar-refractivity contribution in [2.45, 2.75) is 33.6 Å². The van der Waals surface area contributed by atoms with Gasteiger partial charge in [-0.1, -0.05) is 32.9 Å². The van der Waals surface area contributed by atoms with Crippen LogP contribution in [0.25, 0.3) is 0 Å². The molecule has 94 valence electrons. The maximum Gasteiger partial charge on any atom is 0.303 e. The number of carboxylic acid groups (broad SMARTS) is 1. The predicted molar refractivity (Wildman–Crippen MR) is 67.3 cm³/mol. The third-order valence-electron chi connectivity index (χ3n) is 2.22. The Labute approximate surface area is 102 Å². The Morgan fingerprint density at radius 2 is 1.82 bits per heavy atom. The molecule has 0 spiro atoms. The number of ether oxygens (including phenoxy) is 1. The smallest absolute Gasteiger partial charge is 0.303 e. The lowest BCUT2D eigenvalue weighted by Crippen LogP contribution is -2.16. The van der Waals surface area contributed by atoms with Crippen molar-refractivity contribution in [1.29, 1.82) is 0 Å². The van der Waals surface area contributed by atoms with Gasteiger partial charge in [-0.25, -0.2) is 0 Å². The van der Waals surface area contributed by atoms with Gasteiger partial charge in [-0.05, 0) is 29.5 Å². The van der Waals surface area contributed by atoms with Crippen molar-refractivity contribution in [2.24, 2.45) is 5.41 Å². The fourth-order valence-corrected chi connectivity index (χ4v) is 1.30. The second-order valence-electron chi connectivity index (χ2n) is 5.39. The van der Waals surface area contributed by atoms with E-state index in [1.165, 1.54) is 0 Å². The second-order valence-corrected chi connectivity index (χ2v) is 5.39. The molecule has 0 unspecified atom stereocenters. The molecule has 0 aromatic heterocycles. The number of hydrogen-bond acceptors (Lipinski definition) is 2. The first-order chi connectivity index (χ1) is 7.87. The van der Waals surface area contributed by atoms with Gasteiger partial charge in [-0.2, -0.15) is 0 Å². The van der Waals surface area contributed by atoms with Crippen LogP contribution in [0.4, 0.5) is 0 Å². The van der Waals surface area contributed by atoms with Gasteiger partial charge in [0.1, 0.15) is 5.75 Å². The molecule has 0 aliphatic heterocycles. The van der Waals surface area contributed by atoms with Crippen LogP contribution >= 0.6 is 0 Å². The molecule has 3 heteroatoms. The summed E-state index contributed by atoms with van der Waals surface area (Å²) in [7, 11) is 0. The van der Waals surface area contributed by atoms with Gasteiger partial charge < -0.3 is 9.84 Å². The minimum atomic E-state index is -0.766. The molecule has 3 nitrogen and oxygen atoms in total. The van der Waals surface area contributed by atoms with E-state index in [-0.39, 0.29) is 11.8 Å². The molecule has 0 fully saturated rings. The minimum Gasteiger partial charge on any atom is -0.493 e. The number of carbonyl (C=O) groups is 1. The Morgan fingerprint density at radius 3 is 2.29 bits per heavy atom. The third kappa shape index (κ3) is 5.95. The highest BCUT2D eigenvalue weighted by molar-refractivity contribution is 5.67. The molecule has 0 aliphatic carbocycles. The standard InChI is InChI=1S/C14H20O3/c1-14(2,3)10-17-12-7-4-11(5-8-12)6-9-13(15)16/h4-5,7-8H,6,9-10H2,1-3H3,(H,15,16). The molecule has 1 aromatic rings. The van der Waals surface area contributed by atoms with Crippen LogP contribution < -0.4 is 4.74 Å². The van der Waals surface area contributed by atoms with E-state index in [1.807, 2.05) is 24.3 Å². The van der Waals surface area contributed by atoms with Gasteiger partial charge in [0.15, 0.2) is 0 Å². The highest BCUT2D eigenvalue weighted by atomic mass is 16.5. The molecule has 1 aromatic carbocycles. The first kappa shape index (κ1) is 13.6. The summed E-state index contributed by atoms with van der Waals surface area (Å²) >= 11 is 0. The van der Waals surface area contributed by atoms with Gasteiger partial charge in [0.05, 0.1) is 6.61 Å². The van der Waals surface area contributed by atoms with Crippen molar-refractivity contribution in [1.82, 2.24) is 0 Å². The third-order valence-corrected chi connectivity index (χ3v) is 2.22. The van der Waals surface area contributed by atoms with Crippen LogP contribution in [0.15, 0.2) is 24.3 Å². The number of benzene rings is 1. The van der Waals surface area contributed by atoms with E-state index in [0.29, 0.717) is 13.0 Å². The van der Waals surface area contributed by atoms with Gasteiger partial charge in [0.2, 0.25) is 0 Å². The Bertz CT molecular complexity index is 360. The molecule has 1 rings (SSSR count). The van der Waals surface area contributed by atoms with Crippen molar-refractivity contribution in [3.05, 3.63) is 29.8 Å². The number of rotatable bonds is 5. The van der Waals surface area contributed by atoms with E-state index in [0.717, 1.165) is 11.3 Å². The van der Waals surface area contributed by atoms with Crippen LogP contribution in [0, 0.1) is 5.41 Å². The molecular weight excluding hydrogens is 216 g/mol. The molecular formula is C14H20O3. The summed E-state index contributed by atoms with van der Waals surface area (Å²) in [6.07, 6.45) is 0.733. The topological polar surface area (TPSA) is 46.5 Å². The van der Waals surface area contributed by atoms with Gasteiger partial charge >= 0.3 is 5.97 Å². The van der Waals surface area contributed by atoms with E-state index in [9.17, 15) is 4.79 Å². The zero-order valence-corrected chi connectivity index (χ0v) is 10.7. The lowest BCUT2D eigenvalue weighted by Gasteiger charge is -2.18. The molecule has 0 saturated carbocycles. The fourth-order valence-electron chi connectivity index (χ4n) is 1.30. The van der Waals surface area contributed by atoms with E-state index in [4.69, 9.17) is 9.84 Å². The Morgan fingerprint density at radius 1 is 1.24 bits per heavy atom. The largest absolute Gasteiger partial charge is 0.493 e. The van der Waals surface area contributed by atoms with Gasteiger partial charge in [-0.15, -0.1) is 0 Å². The first-order valence-corrected chi connectivity index (χ1v) is 5.80. The van der Waals surface area contributed by atoms with Crippen molar-refractivity contribution in [3.63, 3.8) is 0 Å². The normalized spacial score (nSPS) is 11.2. The van der Waals surface area contributed by atoms with Crippen LogP contribution in [-0.2, 0) is 11.2 Å². The van der Waals surface area contributed by atoms with Crippen molar-refractivity contribution >= 4 is 5.97 Å². The zero-order valence-electron chi connectivity index (χ0n) is 10.7. The highest BCUT2D eigenvalue weighted by Crippen LogP contribution is 2.18. The number of aliphatic carboxylic acids is 1. The van der Waals surface area contributed by atoms with Crippen LogP contribution in [0.1, 0.15) is 32.8 Å². The summed E-state index contributed by atoms with van der Waals surface area (Å²) in [6, 6.07) is 7.62. The molecule has 0 amide bonds. The molecule has 0 saturated heterocycles. The quantitative estimate of drug-likeness (QED) is 0.854. The Kier molecular flexibility index (Phi) is 4.55. The summed E-state index contributed by atoms with van der Waals surface area (Å²) in [6.45, 7) is 7.03. The SMILES string of the molecule is CC(C)(C)COc1ccc(CCC(=O)O)cc1. The first-order valence-electron chi connectivity index (χ1n) is 5.80. The highest BCUT2D eigenvalue weighted by Gasteiger charge is 2.10. The summed E-state index contributed by atoms with van der Waals surface area (Å²) in [5, 5.41) is 8.58. The van der Waals surface area contributed by atoms with Crippen molar-refractivity contribution in [2.75, 3.05) is 6.61 Å². The summed E-state index contributed by atoms with van der Waals surface area (Å²) in [5.74, 6) is 0.0667. The lowest BCUT2D eigenvalue weighted by molar-refractivity contribution is -0.136. The Balaban J connectivity index is 2.47. The van der Waals surface area contributed by atoms with Crippen molar-refractivity contribution in [3.8, 4) is 5.75 Å². The summed E-state index contributed by atoms with van der Waals surface area (Å²) in [4.78, 5) is 10.4. The molecule has 0 atom stereocenters. The molecule has 0 bridgehead atoms. The van der Waals surface area contributed by atoms with Crippen LogP contribution in [0.3, 0.4) is 0 Å². The average molecular weight is 236 g/mol. The number of carboxylic acids is 1. The molecule has 1 N–H and O–H groups in total. The summed E-state index contributed by atoms with van der Waals surface area (Å²) < 4.78 is 5.63. The van der Waals surface area contributed by atoms with Crippen LogP contribution in [0.2, 0.25) is 0 Å². The van der Waals surface area contributed by atoms with Crippen LogP contribution in [0.5, 0.6) is 5.75 Å². The zero-order chi connectivity index (χ0) is 12.9. The molecule has 0 radical (unpaired) electrons. The fraction of sp³-hybridized carbons (Fsp3) is 0.500. The van der Waals surface area contributed by atoms with E-state index >= 15 is 0 Å². The lowest BCUT2D eigenvalue weighted by atomic mass is 9.99. The van der Waals surface area contributed by atoms with Crippen LogP contribution in [-0.4, -0.2) is 17.7 Å². The van der Waals surface area contributed by atoms with Gasteiger partial charge in [0, 0.05) is 6.42 Å². The predicted octanol–water partition coefficient (Wildman–Crippen LogP) is 3.13. The number of hydrogen-bond donors (Lipinski definition) is 1. The van der Waals surface area contributed by atoms with E-state index in [1.54, 1.807) is 0 Å². The number of aryl methyl sites for hydroxylation is 1. The molecule has 17 heavy (non-hydrogen) atoms.